The summed E-state index contributed by atoms with van der Waals surface area (Å²) in [6.07, 6.45) is 0. The SMILES string of the molecule is Oc1ccccc1-c1nc2c(Br)cccc2n1-c1ccccc1-c1ccccc1. The second-order valence-corrected chi connectivity index (χ2v) is 7.63. The number of phenolic OH excluding ortho intramolecular Hbond substituents is 1. The predicted molar refractivity (Wildman–Crippen MR) is 121 cm³/mol. The number of halogens is 1. The van der Waals surface area contributed by atoms with Gasteiger partial charge in [0.2, 0.25) is 0 Å². The molecule has 0 atom stereocenters. The molecular weight excluding hydrogens is 424 g/mol. The third kappa shape index (κ3) is 3.02. The standard InChI is InChI=1S/C25H17BrN2O/c26-20-13-8-15-22-24(20)27-25(19-12-5-7-16-23(19)29)28(22)21-14-6-4-11-18(21)17-9-2-1-3-10-17/h1-16,29H. The Morgan fingerprint density at radius 1 is 0.690 bits per heavy atom. The van der Waals surface area contributed by atoms with Gasteiger partial charge in [0.05, 0.1) is 16.8 Å². The summed E-state index contributed by atoms with van der Waals surface area (Å²) < 4.78 is 3.04. The number of nitrogens with zero attached hydrogens (tertiary/aromatic N) is 2. The highest BCUT2D eigenvalue weighted by Crippen LogP contribution is 2.38. The fraction of sp³-hybridized carbons (Fsp3) is 0. The minimum absolute atomic E-state index is 0.206. The van der Waals surface area contributed by atoms with Crippen molar-refractivity contribution in [1.82, 2.24) is 9.55 Å². The highest BCUT2D eigenvalue weighted by molar-refractivity contribution is 9.10. The summed E-state index contributed by atoms with van der Waals surface area (Å²) in [6, 6.07) is 31.9. The smallest absolute Gasteiger partial charge is 0.149 e. The number of benzene rings is 4. The first-order valence-electron chi connectivity index (χ1n) is 9.34. The molecule has 140 valence electrons. The molecule has 1 heterocycles. The summed E-state index contributed by atoms with van der Waals surface area (Å²) in [4.78, 5) is 4.91. The number of hydrogen-bond donors (Lipinski definition) is 1. The molecule has 0 unspecified atom stereocenters. The van der Waals surface area contributed by atoms with E-state index >= 15 is 0 Å². The molecule has 1 N–H and O–H groups in total. The van der Waals surface area contributed by atoms with E-state index in [-0.39, 0.29) is 5.75 Å². The normalized spacial score (nSPS) is 11.1. The third-order valence-corrected chi connectivity index (χ3v) is 5.65. The number of imidazole rings is 1. The molecule has 5 aromatic rings. The molecule has 0 bridgehead atoms. The Morgan fingerprint density at radius 3 is 2.17 bits per heavy atom. The molecule has 0 amide bonds. The van der Waals surface area contributed by atoms with Gasteiger partial charge in [0.15, 0.2) is 0 Å². The van der Waals surface area contributed by atoms with Crippen LogP contribution in [0.4, 0.5) is 0 Å². The van der Waals surface area contributed by atoms with Crippen LogP contribution < -0.4 is 0 Å². The number of rotatable bonds is 3. The first-order valence-corrected chi connectivity index (χ1v) is 10.1. The molecule has 0 radical (unpaired) electrons. The summed E-state index contributed by atoms with van der Waals surface area (Å²) in [5.41, 5.74) is 5.76. The summed E-state index contributed by atoms with van der Waals surface area (Å²) >= 11 is 3.63. The van der Waals surface area contributed by atoms with Gasteiger partial charge in [-0.3, -0.25) is 4.57 Å². The molecule has 4 aromatic carbocycles. The highest BCUT2D eigenvalue weighted by Gasteiger charge is 2.20. The van der Waals surface area contributed by atoms with Crippen LogP contribution in [0.3, 0.4) is 0 Å². The van der Waals surface area contributed by atoms with Gasteiger partial charge < -0.3 is 5.11 Å². The van der Waals surface area contributed by atoms with E-state index in [4.69, 9.17) is 4.98 Å². The molecule has 0 aliphatic heterocycles. The lowest BCUT2D eigenvalue weighted by atomic mass is 10.0. The van der Waals surface area contributed by atoms with Crippen LogP contribution >= 0.6 is 15.9 Å². The van der Waals surface area contributed by atoms with E-state index in [9.17, 15) is 5.11 Å². The number of fused-ring (bicyclic) bond motifs is 1. The van der Waals surface area contributed by atoms with E-state index in [1.807, 2.05) is 60.7 Å². The Labute approximate surface area is 177 Å². The quantitative estimate of drug-likeness (QED) is 0.333. The predicted octanol–water partition coefficient (Wildman–Crippen LogP) is 6.83. The molecular formula is C25H17BrN2O. The zero-order valence-corrected chi connectivity index (χ0v) is 17.0. The van der Waals surface area contributed by atoms with Gasteiger partial charge in [0, 0.05) is 10.0 Å². The van der Waals surface area contributed by atoms with E-state index < -0.39 is 0 Å². The second-order valence-electron chi connectivity index (χ2n) is 6.78. The average Bonchev–Trinajstić information content (AvgIpc) is 3.15. The number of para-hydroxylation sites is 3. The molecule has 0 aliphatic rings. The maximum Gasteiger partial charge on any atom is 0.149 e. The number of aromatic nitrogens is 2. The van der Waals surface area contributed by atoms with Crippen molar-refractivity contribution < 1.29 is 5.11 Å². The first-order chi connectivity index (χ1) is 14.2. The van der Waals surface area contributed by atoms with Crippen molar-refractivity contribution in [1.29, 1.82) is 0 Å². The van der Waals surface area contributed by atoms with Gasteiger partial charge in [-0.1, -0.05) is 66.7 Å². The van der Waals surface area contributed by atoms with E-state index in [2.05, 4.69) is 50.8 Å². The van der Waals surface area contributed by atoms with E-state index in [1.54, 1.807) is 6.07 Å². The van der Waals surface area contributed by atoms with E-state index in [0.717, 1.165) is 32.3 Å². The zero-order valence-electron chi connectivity index (χ0n) is 15.5. The summed E-state index contributed by atoms with van der Waals surface area (Å²) in [6.45, 7) is 0. The molecule has 0 fully saturated rings. The van der Waals surface area contributed by atoms with Crippen molar-refractivity contribution in [2.75, 3.05) is 0 Å². The number of phenols is 1. The fourth-order valence-corrected chi connectivity index (χ4v) is 4.13. The van der Waals surface area contributed by atoms with Gasteiger partial charge >= 0.3 is 0 Å². The maximum absolute atomic E-state index is 10.6. The lowest BCUT2D eigenvalue weighted by Gasteiger charge is -2.15. The largest absolute Gasteiger partial charge is 0.507 e. The van der Waals surface area contributed by atoms with Crippen LogP contribution in [0.5, 0.6) is 5.75 Å². The summed E-state index contributed by atoms with van der Waals surface area (Å²) in [5.74, 6) is 0.908. The molecule has 0 saturated carbocycles. The molecule has 4 heteroatoms. The summed E-state index contributed by atoms with van der Waals surface area (Å²) in [7, 11) is 0. The topological polar surface area (TPSA) is 38.1 Å². The number of aromatic hydroxyl groups is 1. The Morgan fingerprint density at radius 2 is 1.38 bits per heavy atom. The van der Waals surface area contributed by atoms with Crippen LogP contribution in [0.25, 0.3) is 39.2 Å². The Hall–Kier alpha value is -3.37. The van der Waals surface area contributed by atoms with Crippen molar-refractivity contribution in [3.8, 4) is 34.0 Å². The van der Waals surface area contributed by atoms with Crippen molar-refractivity contribution in [2.24, 2.45) is 0 Å². The minimum atomic E-state index is 0.206. The van der Waals surface area contributed by atoms with Crippen LogP contribution in [0.15, 0.2) is 102 Å². The van der Waals surface area contributed by atoms with Crippen LogP contribution in [0.1, 0.15) is 0 Å². The van der Waals surface area contributed by atoms with E-state index in [1.165, 1.54) is 0 Å². The highest BCUT2D eigenvalue weighted by atomic mass is 79.9. The molecule has 5 rings (SSSR count). The van der Waals surface area contributed by atoms with Gasteiger partial charge in [-0.15, -0.1) is 0 Å². The van der Waals surface area contributed by atoms with Crippen LogP contribution in [-0.2, 0) is 0 Å². The molecule has 0 aliphatic carbocycles. The molecule has 29 heavy (non-hydrogen) atoms. The fourth-order valence-electron chi connectivity index (χ4n) is 3.68. The van der Waals surface area contributed by atoms with Crippen molar-refractivity contribution in [2.45, 2.75) is 0 Å². The second kappa shape index (κ2) is 7.22. The average molecular weight is 441 g/mol. The van der Waals surface area contributed by atoms with Crippen LogP contribution in [-0.4, -0.2) is 14.7 Å². The van der Waals surface area contributed by atoms with Crippen LogP contribution in [0.2, 0.25) is 0 Å². The molecule has 1 aromatic heterocycles. The maximum atomic E-state index is 10.6. The first kappa shape index (κ1) is 17.7. The third-order valence-electron chi connectivity index (χ3n) is 5.01. The number of hydrogen-bond acceptors (Lipinski definition) is 2. The molecule has 0 spiro atoms. The van der Waals surface area contributed by atoms with Crippen LogP contribution in [0, 0.1) is 0 Å². The van der Waals surface area contributed by atoms with Crippen molar-refractivity contribution in [3.05, 3.63) is 102 Å². The van der Waals surface area contributed by atoms with Gasteiger partial charge in [0.1, 0.15) is 17.1 Å². The molecule has 3 nitrogen and oxygen atoms in total. The Kier molecular flexibility index (Phi) is 4.41. The lowest BCUT2D eigenvalue weighted by molar-refractivity contribution is 0.477. The minimum Gasteiger partial charge on any atom is -0.507 e. The lowest BCUT2D eigenvalue weighted by Crippen LogP contribution is -2.00. The monoisotopic (exact) mass is 440 g/mol. The van der Waals surface area contributed by atoms with E-state index in [0.29, 0.717) is 11.4 Å². The van der Waals surface area contributed by atoms with Crippen molar-refractivity contribution in [3.63, 3.8) is 0 Å². The molecule has 0 saturated heterocycles. The van der Waals surface area contributed by atoms with Gasteiger partial charge in [0.25, 0.3) is 0 Å². The summed E-state index contributed by atoms with van der Waals surface area (Å²) in [5, 5.41) is 10.6. The van der Waals surface area contributed by atoms with Gasteiger partial charge in [-0.05, 0) is 51.8 Å². The Bertz CT molecular complexity index is 1330. The van der Waals surface area contributed by atoms with Crippen molar-refractivity contribution >= 4 is 27.0 Å². The van der Waals surface area contributed by atoms with Gasteiger partial charge in [-0.25, -0.2) is 4.98 Å². The Balaban J connectivity index is 1.89. The zero-order chi connectivity index (χ0) is 19.8. The van der Waals surface area contributed by atoms with Gasteiger partial charge in [-0.2, -0.15) is 0 Å².